The highest BCUT2D eigenvalue weighted by molar-refractivity contribution is 6.01. The number of nitrogens with zero attached hydrogens (tertiary/aromatic N) is 1. The second-order valence-electron chi connectivity index (χ2n) is 3.60. The van der Waals surface area contributed by atoms with Crippen LogP contribution in [0.5, 0.6) is 0 Å². The second-order valence-corrected chi connectivity index (χ2v) is 3.60. The first-order chi connectivity index (χ1) is 8.70. The number of carbonyl (C=O) groups is 3. The predicted octanol–water partition coefficient (Wildman–Crippen LogP) is -1.30. The number of carboxylic acids is 2. The maximum Gasteiger partial charge on any atom is 0.305 e. The van der Waals surface area contributed by atoms with E-state index in [9.17, 15) is 24.4 Å². The van der Waals surface area contributed by atoms with E-state index in [4.69, 9.17) is 21.7 Å². The molecule has 0 heterocycles. The molecule has 0 aliphatic carbocycles. The fraction of sp³-hybridized carbons (Fsp3) is 0.444. The maximum absolute atomic E-state index is 11.5. The molecule has 0 aromatic carbocycles. The lowest BCUT2D eigenvalue weighted by Crippen LogP contribution is -2.36. The summed E-state index contributed by atoms with van der Waals surface area (Å²) in [4.78, 5) is 42.7. The molecular formula is C9H13N3O7. The van der Waals surface area contributed by atoms with Gasteiger partial charge in [-0.25, -0.2) is 0 Å². The molecule has 0 bridgehead atoms. The van der Waals surface area contributed by atoms with E-state index in [2.05, 4.69) is 5.18 Å². The average Bonchev–Trinajstić information content (AvgIpc) is 2.27. The van der Waals surface area contributed by atoms with Crippen LogP contribution in [0.25, 0.3) is 0 Å². The van der Waals surface area contributed by atoms with Crippen LogP contribution in [0.2, 0.25) is 0 Å². The zero-order valence-corrected chi connectivity index (χ0v) is 9.65. The van der Waals surface area contributed by atoms with Gasteiger partial charge in [0.1, 0.15) is 5.76 Å². The van der Waals surface area contributed by atoms with Gasteiger partial charge in [-0.2, -0.15) is 0 Å². The summed E-state index contributed by atoms with van der Waals surface area (Å²) in [6.45, 7) is 0. The number of Topliss-reactive ketones (excluding diaryl/α,β-unsaturated/α-hetero) is 1. The average molecular weight is 275 g/mol. The highest BCUT2D eigenvalue weighted by Crippen LogP contribution is 2.12. The third-order valence-electron chi connectivity index (χ3n) is 2.04. The molecule has 106 valence electrons. The third kappa shape index (κ3) is 5.23. The summed E-state index contributed by atoms with van der Waals surface area (Å²) >= 11 is 0. The van der Waals surface area contributed by atoms with Gasteiger partial charge in [0.2, 0.25) is 5.78 Å². The molecule has 0 amide bonds. The van der Waals surface area contributed by atoms with Crippen LogP contribution in [-0.2, 0) is 14.4 Å². The lowest BCUT2D eigenvalue weighted by atomic mass is 10.0. The molecule has 0 saturated heterocycles. The minimum absolute atomic E-state index is 0.744. The first-order valence-corrected chi connectivity index (χ1v) is 4.96. The summed E-state index contributed by atoms with van der Waals surface area (Å²) in [5.41, 5.74) is 9.37. The minimum Gasteiger partial charge on any atom is -0.508 e. The van der Waals surface area contributed by atoms with Crippen LogP contribution < -0.4 is 11.5 Å². The smallest absolute Gasteiger partial charge is 0.305 e. The van der Waals surface area contributed by atoms with Gasteiger partial charge in [0, 0.05) is 0 Å². The van der Waals surface area contributed by atoms with Crippen LogP contribution in [0.1, 0.15) is 12.8 Å². The fourth-order valence-electron chi connectivity index (χ4n) is 1.13. The Morgan fingerprint density at radius 1 is 0.947 bits per heavy atom. The van der Waals surface area contributed by atoms with Crippen molar-refractivity contribution in [2.45, 2.75) is 24.9 Å². The molecule has 10 heteroatoms. The van der Waals surface area contributed by atoms with Gasteiger partial charge < -0.3 is 26.8 Å². The predicted molar refractivity (Wildman–Crippen MR) is 60.9 cm³/mol. The zero-order valence-electron chi connectivity index (χ0n) is 9.65. The van der Waals surface area contributed by atoms with Crippen molar-refractivity contribution in [3.63, 3.8) is 0 Å². The molecule has 0 spiro atoms. The van der Waals surface area contributed by atoms with Crippen LogP contribution in [0.4, 0.5) is 0 Å². The van der Waals surface area contributed by atoms with Gasteiger partial charge in [-0.3, -0.25) is 14.4 Å². The standard InChI is InChI=1S/C9H13N3O7/c10-3(1-5(13)14)8(17)7(12-19)9(18)4(11)2-6(15)16/h3-4,17H,1-2,10-11H2,(H,13,14)(H,15,16)/t3-,4-/m0/s1. The van der Waals surface area contributed by atoms with Gasteiger partial charge in [-0.05, 0) is 5.18 Å². The summed E-state index contributed by atoms with van der Waals surface area (Å²) < 4.78 is 0. The summed E-state index contributed by atoms with van der Waals surface area (Å²) in [5, 5.41) is 28.6. The Kier molecular flexibility index (Phi) is 6.30. The van der Waals surface area contributed by atoms with E-state index in [1.165, 1.54) is 0 Å². The second kappa shape index (κ2) is 7.18. The molecule has 7 N–H and O–H groups in total. The van der Waals surface area contributed by atoms with Crippen LogP contribution in [-0.4, -0.2) is 45.1 Å². The minimum atomic E-state index is -1.59. The largest absolute Gasteiger partial charge is 0.508 e. The molecule has 0 aromatic heterocycles. The van der Waals surface area contributed by atoms with Crippen LogP contribution in [0.3, 0.4) is 0 Å². The number of hydrogen-bond donors (Lipinski definition) is 5. The Labute approximate surface area is 106 Å². The fourth-order valence-corrected chi connectivity index (χ4v) is 1.13. The van der Waals surface area contributed by atoms with Crippen LogP contribution in [0, 0.1) is 4.91 Å². The number of aliphatic hydroxyl groups excluding tert-OH is 1. The maximum atomic E-state index is 11.5. The molecule has 0 unspecified atom stereocenters. The molecule has 0 rings (SSSR count). The first-order valence-electron chi connectivity index (χ1n) is 4.96. The van der Waals surface area contributed by atoms with Crippen LogP contribution in [0.15, 0.2) is 16.6 Å². The number of aliphatic carboxylic acids is 2. The molecule has 0 saturated carbocycles. The number of carbonyl (C=O) groups excluding carboxylic acids is 1. The van der Waals surface area contributed by atoms with Crippen molar-refractivity contribution < 1.29 is 29.7 Å². The van der Waals surface area contributed by atoms with Crippen molar-refractivity contribution >= 4 is 17.7 Å². The zero-order chi connectivity index (χ0) is 15.2. The van der Waals surface area contributed by atoms with Crippen molar-refractivity contribution in [3.05, 3.63) is 16.4 Å². The lowest BCUT2D eigenvalue weighted by Gasteiger charge is -2.12. The Bertz CT molecular complexity index is 432. The molecule has 0 aromatic rings. The number of nitrogens with two attached hydrogens (primary N) is 2. The molecule has 0 aliphatic heterocycles. The van der Waals surface area contributed by atoms with Crippen molar-refractivity contribution in [2.24, 2.45) is 16.6 Å². The molecule has 19 heavy (non-hydrogen) atoms. The normalized spacial score (nSPS) is 15.1. The molecule has 2 atom stereocenters. The summed E-state index contributed by atoms with van der Waals surface area (Å²) in [7, 11) is 0. The van der Waals surface area contributed by atoms with E-state index >= 15 is 0 Å². The summed E-state index contributed by atoms with van der Waals surface area (Å²) in [6, 6.07) is -3.12. The van der Waals surface area contributed by atoms with Gasteiger partial charge in [0.05, 0.1) is 24.9 Å². The molecule has 10 nitrogen and oxygen atoms in total. The Balaban J connectivity index is 5.16. The monoisotopic (exact) mass is 275 g/mol. The van der Waals surface area contributed by atoms with E-state index in [1.54, 1.807) is 0 Å². The lowest BCUT2D eigenvalue weighted by molar-refractivity contribution is -0.139. The van der Waals surface area contributed by atoms with Gasteiger partial charge in [0.15, 0.2) is 5.70 Å². The van der Waals surface area contributed by atoms with Crippen molar-refractivity contribution in [3.8, 4) is 0 Å². The number of ketones is 1. The quantitative estimate of drug-likeness (QED) is 0.203. The van der Waals surface area contributed by atoms with E-state index in [-0.39, 0.29) is 0 Å². The Hall–Kier alpha value is -2.33. The number of rotatable bonds is 8. The first kappa shape index (κ1) is 16.7. The van der Waals surface area contributed by atoms with E-state index in [0.29, 0.717) is 0 Å². The van der Waals surface area contributed by atoms with E-state index in [1.807, 2.05) is 0 Å². The number of carboxylic acid groups (broad SMARTS) is 2. The number of aliphatic hydroxyl groups is 1. The van der Waals surface area contributed by atoms with Crippen molar-refractivity contribution in [1.82, 2.24) is 0 Å². The molecule has 0 aliphatic rings. The van der Waals surface area contributed by atoms with Crippen molar-refractivity contribution in [1.29, 1.82) is 0 Å². The Morgan fingerprint density at radius 3 is 1.74 bits per heavy atom. The highest BCUT2D eigenvalue weighted by atomic mass is 16.4. The summed E-state index contributed by atoms with van der Waals surface area (Å²) in [6.07, 6.45) is -1.52. The molecular weight excluding hydrogens is 262 g/mol. The highest BCUT2D eigenvalue weighted by Gasteiger charge is 2.28. The van der Waals surface area contributed by atoms with E-state index < -0.39 is 54.1 Å². The number of nitroso groups, excluding NO2 is 1. The SMILES string of the molecule is N[C@@H](CC(=O)O)C(=O)C(N=O)=C(O)[C@@H](N)CC(=O)O. The van der Waals surface area contributed by atoms with Gasteiger partial charge in [-0.1, -0.05) is 0 Å². The summed E-state index contributed by atoms with van der Waals surface area (Å²) in [5.74, 6) is -5.02. The number of hydrogen-bond acceptors (Lipinski definition) is 8. The third-order valence-corrected chi connectivity index (χ3v) is 2.04. The van der Waals surface area contributed by atoms with Gasteiger partial charge in [0.25, 0.3) is 0 Å². The van der Waals surface area contributed by atoms with Gasteiger partial charge >= 0.3 is 11.9 Å². The van der Waals surface area contributed by atoms with Gasteiger partial charge in [-0.15, -0.1) is 4.91 Å². The molecule has 0 fully saturated rings. The Morgan fingerprint density at radius 2 is 1.37 bits per heavy atom. The molecule has 0 radical (unpaired) electrons. The van der Waals surface area contributed by atoms with E-state index in [0.717, 1.165) is 0 Å². The van der Waals surface area contributed by atoms with Crippen molar-refractivity contribution in [2.75, 3.05) is 0 Å². The topological polar surface area (TPSA) is 193 Å². The van der Waals surface area contributed by atoms with Crippen LogP contribution >= 0.6 is 0 Å².